The van der Waals surface area contributed by atoms with Gasteiger partial charge in [-0.1, -0.05) is 59.3 Å². The Morgan fingerprint density at radius 2 is 1.76 bits per heavy atom. The van der Waals surface area contributed by atoms with Gasteiger partial charge in [0, 0.05) is 0 Å². The van der Waals surface area contributed by atoms with Gasteiger partial charge in [-0.2, -0.15) is 0 Å². The lowest BCUT2D eigenvalue weighted by Crippen LogP contribution is -2.33. The highest BCUT2D eigenvalue weighted by Gasteiger charge is 2.29. The van der Waals surface area contributed by atoms with Crippen LogP contribution in [0.15, 0.2) is 0 Å². The molecule has 0 bridgehead atoms. The van der Waals surface area contributed by atoms with Crippen molar-refractivity contribution in [2.75, 3.05) is 13.1 Å². The molecule has 0 spiro atoms. The van der Waals surface area contributed by atoms with Gasteiger partial charge in [-0.25, -0.2) is 0 Å². The molecule has 1 N–H and O–H groups in total. The molecule has 1 fully saturated rings. The first-order valence-electron chi connectivity index (χ1n) is 8.02. The van der Waals surface area contributed by atoms with Crippen LogP contribution in [0.3, 0.4) is 0 Å². The fourth-order valence-corrected chi connectivity index (χ4v) is 3.51. The van der Waals surface area contributed by atoms with E-state index in [0.29, 0.717) is 0 Å². The van der Waals surface area contributed by atoms with E-state index < -0.39 is 0 Å². The molecule has 0 aromatic carbocycles. The zero-order valence-electron chi connectivity index (χ0n) is 12.3. The predicted molar refractivity (Wildman–Crippen MR) is 77.3 cm³/mol. The lowest BCUT2D eigenvalue weighted by Gasteiger charge is -2.36. The molecular weight excluding hydrogens is 206 g/mol. The molecule has 3 unspecified atom stereocenters. The van der Waals surface area contributed by atoms with Crippen LogP contribution in [0.5, 0.6) is 0 Å². The lowest BCUT2D eigenvalue weighted by molar-refractivity contribution is 0.157. The Kier molecular flexibility index (Phi) is 7.92. The minimum Gasteiger partial charge on any atom is -0.317 e. The molecule has 17 heavy (non-hydrogen) atoms. The number of nitrogens with one attached hydrogen (secondary N) is 1. The molecule has 0 radical (unpaired) electrons. The SMILES string of the molecule is CCCCC1CC(CCC)CCC1CNCC. The van der Waals surface area contributed by atoms with E-state index in [-0.39, 0.29) is 0 Å². The summed E-state index contributed by atoms with van der Waals surface area (Å²) in [6.07, 6.45) is 11.6. The molecule has 0 heterocycles. The zero-order chi connectivity index (χ0) is 12.5. The second-order valence-corrected chi connectivity index (χ2v) is 5.94. The van der Waals surface area contributed by atoms with Gasteiger partial charge in [0.1, 0.15) is 0 Å². The van der Waals surface area contributed by atoms with E-state index in [1.54, 1.807) is 0 Å². The summed E-state index contributed by atoms with van der Waals surface area (Å²) in [5.74, 6) is 3.02. The van der Waals surface area contributed by atoms with E-state index in [2.05, 4.69) is 26.1 Å². The maximum Gasteiger partial charge on any atom is -0.00180 e. The van der Waals surface area contributed by atoms with E-state index in [0.717, 1.165) is 24.3 Å². The molecule has 0 saturated heterocycles. The van der Waals surface area contributed by atoms with Gasteiger partial charge in [0.15, 0.2) is 0 Å². The molecule has 0 aromatic rings. The van der Waals surface area contributed by atoms with Gasteiger partial charge in [-0.3, -0.25) is 0 Å². The monoisotopic (exact) mass is 239 g/mol. The van der Waals surface area contributed by atoms with E-state index in [1.807, 2.05) is 0 Å². The summed E-state index contributed by atoms with van der Waals surface area (Å²) in [5, 5.41) is 3.57. The third-order valence-corrected chi connectivity index (χ3v) is 4.53. The van der Waals surface area contributed by atoms with Crippen LogP contribution in [0, 0.1) is 17.8 Å². The van der Waals surface area contributed by atoms with Crippen molar-refractivity contribution in [2.45, 2.75) is 72.1 Å². The highest BCUT2D eigenvalue weighted by Crippen LogP contribution is 2.38. The Hall–Kier alpha value is -0.0400. The molecular formula is C16H33N. The minimum absolute atomic E-state index is 0.967. The van der Waals surface area contributed by atoms with Crippen molar-refractivity contribution >= 4 is 0 Å². The van der Waals surface area contributed by atoms with Crippen LogP contribution in [0.1, 0.15) is 72.1 Å². The quantitative estimate of drug-likeness (QED) is 0.652. The molecule has 1 nitrogen and oxygen atoms in total. The molecule has 1 heteroatoms. The summed E-state index contributed by atoms with van der Waals surface area (Å²) in [5.41, 5.74) is 0. The van der Waals surface area contributed by atoms with Crippen molar-refractivity contribution < 1.29 is 0 Å². The Labute approximate surface area is 109 Å². The topological polar surface area (TPSA) is 12.0 Å². The van der Waals surface area contributed by atoms with Crippen molar-refractivity contribution in [1.29, 1.82) is 0 Å². The van der Waals surface area contributed by atoms with Crippen molar-refractivity contribution in [3.8, 4) is 0 Å². The van der Waals surface area contributed by atoms with E-state index in [4.69, 9.17) is 0 Å². The predicted octanol–water partition coefficient (Wildman–Crippen LogP) is 4.62. The van der Waals surface area contributed by atoms with E-state index >= 15 is 0 Å². The van der Waals surface area contributed by atoms with Gasteiger partial charge in [0.25, 0.3) is 0 Å². The van der Waals surface area contributed by atoms with Crippen LogP contribution >= 0.6 is 0 Å². The van der Waals surface area contributed by atoms with E-state index in [9.17, 15) is 0 Å². The van der Waals surface area contributed by atoms with Crippen molar-refractivity contribution in [1.82, 2.24) is 5.32 Å². The molecule has 0 aliphatic heterocycles. The van der Waals surface area contributed by atoms with Crippen LogP contribution in [0.25, 0.3) is 0 Å². The van der Waals surface area contributed by atoms with Crippen LogP contribution in [-0.4, -0.2) is 13.1 Å². The zero-order valence-corrected chi connectivity index (χ0v) is 12.3. The molecule has 0 amide bonds. The van der Waals surface area contributed by atoms with Crippen LogP contribution in [0.2, 0.25) is 0 Å². The third-order valence-electron chi connectivity index (χ3n) is 4.53. The summed E-state index contributed by atoms with van der Waals surface area (Å²) in [6.45, 7) is 9.29. The van der Waals surface area contributed by atoms with Crippen LogP contribution in [-0.2, 0) is 0 Å². The van der Waals surface area contributed by atoms with Crippen molar-refractivity contribution in [2.24, 2.45) is 17.8 Å². The highest BCUT2D eigenvalue weighted by molar-refractivity contribution is 4.81. The average Bonchev–Trinajstić information content (AvgIpc) is 2.35. The second-order valence-electron chi connectivity index (χ2n) is 5.94. The van der Waals surface area contributed by atoms with Crippen molar-refractivity contribution in [3.05, 3.63) is 0 Å². The first-order chi connectivity index (χ1) is 8.31. The first kappa shape index (κ1) is 15.0. The Bertz CT molecular complexity index is 178. The number of unbranched alkanes of at least 4 members (excludes halogenated alkanes) is 1. The standard InChI is InChI=1S/C16H33N/c1-4-7-9-15-12-14(8-5-2)10-11-16(15)13-17-6-3/h14-17H,4-13H2,1-3H3. The van der Waals surface area contributed by atoms with E-state index in [1.165, 1.54) is 57.9 Å². The average molecular weight is 239 g/mol. The summed E-state index contributed by atoms with van der Waals surface area (Å²) >= 11 is 0. The number of hydrogen-bond acceptors (Lipinski definition) is 1. The van der Waals surface area contributed by atoms with Crippen LogP contribution in [0.4, 0.5) is 0 Å². The Balaban J connectivity index is 2.40. The largest absolute Gasteiger partial charge is 0.317 e. The summed E-state index contributed by atoms with van der Waals surface area (Å²) < 4.78 is 0. The maximum absolute atomic E-state index is 3.57. The summed E-state index contributed by atoms with van der Waals surface area (Å²) in [6, 6.07) is 0. The maximum atomic E-state index is 3.57. The Morgan fingerprint density at radius 3 is 2.41 bits per heavy atom. The van der Waals surface area contributed by atoms with Crippen LogP contribution < -0.4 is 5.32 Å². The number of rotatable bonds is 8. The molecule has 1 rings (SSSR count). The molecule has 102 valence electrons. The molecule has 1 aliphatic rings. The van der Waals surface area contributed by atoms with Gasteiger partial charge in [-0.15, -0.1) is 0 Å². The molecule has 3 atom stereocenters. The normalized spacial score (nSPS) is 29.5. The van der Waals surface area contributed by atoms with Gasteiger partial charge in [-0.05, 0) is 43.7 Å². The second kappa shape index (κ2) is 8.97. The fraction of sp³-hybridized carbons (Fsp3) is 1.00. The smallest absolute Gasteiger partial charge is 0.00180 e. The summed E-state index contributed by atoms with van der Waals surface area (Å²) in [4.78, 5) is 0. The van der Waals surface area contributed by atoms with Gasteiger partial charge in [0.05, 0.1) is 0 Å². The molecule has 1 aliphatic carbocycles. The fourth-order valence-electron chi connectivity index (χ4n) is 3.51. The molecule has 0 aromatic heterocycles. The third kappa shape index (κ3) is 5.42. The highest BCUT2D eigenvalue weighted by atomic mass is 14.8. The summed E-state index contributed by atoms with van der Waals surface area (Å²) in [7, 11) is 0. The van der Waals surface area contributed by atoms with Gasteiger partial charge >= 0.3 is 0 Å². The molecule has 1 saturated carbocycles. The first-order valence-corrected chi connectivity index (χ1v) is 8.02. The van der Waals surface area contributed by atoms with Crippen molar-refractivity contribution in [3.63, 3.8) is 0 Å². The van der Waals surface area contributed by atoms with Gasteiger partial charge < -0.3 is 5.32 Å². The number of hydrogen-bond donors (Lipinski definition) is 1. The lowest BCUT2D eigenvalue weighted by atomic mass is 9.71. The minimum atomic E-state index is 0.967. The Morgan fingerprint density at radius 1 is 0.941 bits per heavy atom. The van der Waals surface area contributed by atoms with Gasteiger partial charge in [0.2, 0.25) is 0 Å².